The molecule has 3 nitrogen and oxygen atoms in total. The van der Waals surface area contributed by atoms with E-state index in [1.165, 1.54) is 0 Å². The summed E-state index contributed by atoms with van der Waals surface area (Å²) in [4.78, 5) is 16.1. The van der Waals surface area contributed by atoms with Crippen LogP contribution in [0.5, 0.6) is 0 Å². The van der Waals surface area contributed by atoms with Crippen LogP contribution in [-0.4, -0.2) is 17.6 Å². The number of carbonyl (C=O) groups excluding carboxylic acids is 1. The molecule has 0 aliphatic carbocycles. The van der Waals surface area contributed by atoms with Gasteiger partial charge in [0.05, 0.1) is 12.2 Å². The molecule has 2 rings (SSSR count). The van der Waals surface area contributed by atoms with Crippen molar-refractivity contribution in [2.45, 2.75) is 6.92 Å². The molecule has 0 spiro atoms. The highest BCUT2D eigenvalue weighted by atomic mass is 16.5. The van der Waals surface area contributed by atoms with E-state index in [1.54, 1.807) is 25.4 Å². The van der Waals surface area contributed by atoms with E-state index < -0.39 is 0 Å². The van der Waals surface area contributed by atoms with Crippen LogP contribution in [0.2, 0.25) is 0 Å². The highest BCUT2D eigenvalue weighted by Crippen LogP contribution is 2.11. The van der Waals surface area contributed by atoms with Crippen molar-refractivity contribution in [1.29, 1.82) is 0 Å². The summed E-state index contributed by atoms with van der Waals surface area (Å²) in [7, 11) is 0. The summed E-state index contributed by atoms with van der Waals surface area (Å²) >= 11 is 0. The summed E-state index contributed by atoms with van der Waals surface area (Å²) in [5.41, 5.74) is 2.39. The van der Waals surface area contributed by atoms with Gasteiger partial charge in [0.15, 0.2) is 0 Å². The minimum Gasteiger partial charge on any atom is -0.462 e. The maximum Gasteiger partial charge on any atom is 0.338 e. The van der Waals surface area contributed by atoms with E-state index in [4.69, 9.17) is 4.74 Å². The Hall–Kier alpha value is -2.68. The molecule has 21 heavy (non-hydrogen) atoms. The standard InChI is InChI=1S/C18H17NO2/c1-2-21-18(20)17(13-15-7-4-3-5-8-15)11-10-16-9-6-12-19-14-16/h3-14H,2H2,1H3/b11-10+,17-13+. The molecule has 0 N–H and O–H groups in total. The first kappa shape index (κ1) is 14.7. The van der Waals surface area contributed by atoms with Gasteiger partial charge >= 0.3 is 5.97 Å². The molecule has 0 aliphatic rings. The summed E-state index contributed by atoms with van der Waals surface area (Å²) in [6.45, 7) is 2.15. The molecule has 3 heteroatoms. The van der Waals surface area contributed by atoms with Gasteiger partial charge in [0.2, 0.25) is 0 Å². The van der Waals surface area contributed by atoms with Crippen LogP contribution >= 0.6 is 0 Å². The molecule has 1 aromatic carbocycles. The van der Waals surface area contributed by atoms with Gasteiger partial charge in [-0.2, -0.15) is 0 Å². The van der Waals surface area contributed by atoms with Gasteiger partial charge in [-0.05, 0) is 36.3 Å². The predicted octanol–water partition coefficient (Wildman–Crippen LogP) is 3.74. The van der Waals surface area contributed by atoms with E-state index >= 15 is 0 Å². The second-order valence-electron chi connectivity index (χ2n) is 4.35. The lowest BCUT2D eigenvalue weighted by Crippen LogP contribution is -2.05. The Morgan fingerprint density at radius 1 is 1.14 bits per heavy atom. The zero-order valence-electron chi connectivity index (χ0n) is 11.9. The summed E-state index contributed by atoms with van der Waals surface area (Å²) in [5.74, 6) is -0.332. The van der Waals surface area contributed by atoms with E-state index in [0.29, 0.717) is 12.2 Å². The summed E-state index contributed by atoms with van der Waals surface area (Å²) < 4.78 is 5.09. The third kappa shape index (κ3) is 4.73. The number of ether oxygens (including phenoxy) is 1. The molecule has 0 aliphatic heterocycles. The van der Waals surface area contributed by atoms with E-state index in [1.807, 2.05) is 54.6 Å². The first-order valence-corrected chi connectivity index (χ1v) is 6.81. The summed E-state index contributed by atoms with van der Waals surface area (Å²) in [6, 6.07) is 13.5. The summed E-state index contributed by atoms with van der Waals surface area (Å²) in [5, 5.41) is 0. The molecule has 0 fully saturated rings. The maximum atomic E-state index is 12.0. The number of nitrogens with zero attached hydrogens (tertiary/aromatic N) is 1. The molecule has 0 atom stereocenters. The molecular formula is C18H17NO2. The van der Waals surface area contributed by atoms with Crippen molar-refractivity contribution in [2.75, 3.05) is 6.61 Å². The second-order valence-corrected chi connectivity index (χ2v) is 4.35. The van der Waals surface area contributed by atoms with Crippen LogP contribution in [0, 0.1) is 0 Å². The molecular weight excluding hydrogens is 262 g/mol. The van der Waals surface area contributed by atoms with Gasteiger partial charge in [0.25, 0.3) is 0 Å². The van der Waals surface area contributed by atoms with E-state index in [9.17, 15) is 4.79 Å². The highest BCUT2D eigenvalue weighted by molar-refractivity contribution is 5.97. The number of benzene rings is 1. The summed E-state index contributed by atoms with van der Waals surface area (Å²) in [6.07, 6.45) is 8.86. The van der Waals surface area contributed by atoms with Crippen molar-refractivity contribution in [3.63, 3.8) is 0 Å². The second kappa shape index (κ2) is 7.80. The molecule has 1 aromatic heterocycles. The Labute approximate surface area is 124 Å². The lowest BCUT2D eigenvalue weighted by Gasteiger charge is -2.03. The van der Waals surface area contributed by atoms with Crippen molar-refractivity contribution in [2.24, 2.45) is 0 Å². The Balaban J connectivity index is 2.26. The maximum absolute atomic E-state index is 12.0. The van der Waals surface area contributed by atoms with Crippen LogP contribution in [0.4, 0.5) is 0 Å². The monoisotopic (exact) mass is 279 g/mol. The highest BCUT2D eigenvalue weighted by Gasteiger charge is 2.07. The number of aromatic nitrogens is 1. The van der Waals surface area contributed by atoms with Crippen LogP contribution in [0.25, 0.3) is 12.2 Å². The first-order valence-electron chi connectivity index (χ1n) is 6.81. The van der Waals surface area contributed by atoms with Gasteiger partial charge in [0.1, 0.15) is 0 Å². The number of carbonyl (C=O) groups is 1. The minimum absolute atomic E-state index is 0.332. The fraction of sp³-hybridized carbons (Fsp3) is 0.111. The van der Waals surface area contributed by atoms with Gasteiger partial charge in [-0.3, -0.25) is 4.98 Å². The third-order valence-electron chi connectivity index (χ3n) is 2.77. The molecule has 0 bridgehead atoms. The van der Waals surface area contributed by atoms with Crippen molar-refractivity contribution in [1.82, 2.24) is 4.98 Å². The van der Waals surface area contributed by atoms with Crippen molar-refractivity contribution in [3.05, 3.63) is 77.6 Å². The largest absolute Gasteiger partial charge is 0.462 e. The number of hydrogen-bond donors (Lipinski definition) is 0. The predicted molar refractivity (Wildman–Crippen MR) is 84.3 cm³/mol. The smallest absolute Gasteiger partial charge is 0.338 e. The quantitative estimate of drug-likeness (QED) is 0.475. The van der Waals surface area contributed by atoms with Crippen molar-refractivity contribution < 1.29 is 9.53 Å². The average molecular weight is 279 g/mol. The number of pyridine rings is 1. The van der Waals surface area contributed by atoms with Crippen LogP contribution < -0.4 is 0 Å². The Kier molecular flexibility index (Phi) is 5.47. The SMILES string of the molecule is CCOC(=O)C(/C=C/c1cccnc1)=C/c1ccccc1. The molecule has 2 aromatic rings. The van der Waals surface area contributed by atoms with Gasteiger partial charge in [-0.1, -0.05) is 42.5 Å². The minimum atomic E-state index is -0.332. The number of hydrogen-bond acceptors (Lipinski definition) is 3. The molecule has 0 saturated carbocycles. The van der Waals surface area contributed by atoms with Gasteiger partial charge in [-0.25, -0.2) is 4.79 Å². The lowest BCUT2D eigenvalue weighted by atomic mass is 10.1. The van der Waals surface area contributed by atoms with Gasteiger partial charge < -0.3 is 4.74 Å². The molecule has 0 unspecified atom stereocenters. The Morgan fingerprint density at radius 2 is 1.90 bits per heavy atom. The number of esters is 1. The normalized spacial score (nSPS) is 11.6. The molecule has 0 amide bonds. The molecule has 106 valence electrons. The first-order chi connectivity index (χ1) is 10.3. The van der Waals surface area contributed by atoms with Gasteiger partial charge in [0, 0.05) is 12.4 Å². The van der Waals surface area contributed by atoms with Crippen LogP contribution in [0.1, 0.15) is 18.1 Å². The van der Waals surface area contributed by atoms with Crippen LogP contribution in [0.15, 0.2) is 66.5 Å². The fourth-order valence-electron chi connectivity index (χ4n) is 1.78. The zero-order valence-corrected chi connectivity index (χ0v) is 11.9. The topological polar surface area (TPSA) is 39.2 Å². The Morgan fingerprint density at radius 3 is 2.57 bits per heavy atom. The van der Waals surface area contributed by atoms with E-state index in [2.05, 4.69) is 4.98 Å². The average Bonchev–Trinajstić information content (AvgIpc) is 2.53. The van der Waals surface area contributed by atoms with Gasteiger partial charge in [-0.15, -0.1) is 0 Å². The Bertz CT molecular complexity index is 631. The lowest BCUT2D eigenvalue weighted by molar-refractivity contribution is -0.138. The van der Waals surface area contributed by atoms with E-state index in [-0.39, 0.29) is 5.97 Å². The molecule has 0 radical (unpaired) electrons. The van der Waals surface area contributed by atoms with Crippen molar-refractivity contribution in [3.8, 4) is 0 Å². The fourth-order valence-corrected chi connectivity index (χ4v) is 1.78. The van der Waals surface area contributed by atoms with E-state index in [0.717, 1.165) is 11.1 Å². The molecule has 1 heterocycles. The third-order valence-corrected chi connectivity index (χ3v) is 2.77. The molecule has 0 saturated heterocycles. The van der Waals surface area contributed by atoms with Crippen molar-refractivity contribution >= 4 is 18.1 Å². The zero-order chi connectivity index (χ0) is 14.9. The van der Waals surface area contributed by atoms with Crippen LogP contribution in [0.3, 0.4) is 0 Å². The number of rotatable bonds is 5. The van der Waals surface area contributed by atoms with Crippen LogP contribution in [-0.2, 0) is 9.53 Å².